The van der Waals surface area contributed by atoms with Crippen molar-refractivity contribution < 1.29 is 13.9 Å². The molecule has 0 bridgehead atoms. The van der Waals surface area contributed by atoms with Crippen molar-refractivity contribution in [2.24, 2.45) is 4.99 Å². The maximum Gasteiger partial charge on any atom is 0.221 e. The molecule has 0 radical (unpaired) electrons. The maximum atomic E-state index is 13.6. The van der Waals surface area contributed by atoms with E-state index in [-0.39, 0.29) is 17.1 Å². The Kier molecular flexibility index (Phi) is 6.36. The van der Waals surface area contributed by atoms with E-state index in [1.165, 1.54) is 13.0 Å². The number of anilines is 1. The maximum absolute atomic E-state index is 13.6. The number of carbonyl (C=O) groups is 1. The Morgan fingerprint density at radius 1 is 1.21 bits per heavy atom. The summed E-state index contributed by atoms with van der Waals surface area (Å²) in [6, 6.07) is 12.4. The summed E-state index contributed by atoms with van der Waals surface area (Å²) in [7, 11) is 3.28. The van der Waals surface area contributed by atoms with Gasteiger partial charge in [0.25, 0.3) is 0 Å². The van der Waals surface area contributed by atoms with E-state index in [1.54, 1.807) is 26.3 Å². The van der Waals surface area contributed by atoms with Gasteiger partial charge in [0.05, 0.1) is 12.8 Å². The molecule has 1 aliphatic rings. The topological polar surface area (TPSA) is 74.8 Å². The van der Waals surface area contributed by atoms with Crippen molar-refractivity contribution in [3.63, 3.8) is 0 Å². The third-order valence-corrected chi connectivity index (χ3v) is 5.14. The lowest BCUT2D eigenvalue weighted by Gasteiger charge is -2.19. The van der Waals surface area contributed by atoms with Crippen LogP contribution >= 0.6 is 0 Å². The summed E-state index contributed by atoms with van der Waals surface area (Å²) in [6.45, 7) is 2.68. The first-order chi connectivity index (χ1) is 14.0. The molecule has 3 rings (SSSR count). The van der Waals surface area contributed by atoms with Crippen molar-refractivity contribution >= 4 is 17.6 Å². The molecule has 29 heavy (non-hydrogen) atoms. The van der Waals surface area contributed by atoms with Gasteiger partial charge in [-0.25, -0.2) is 4.39 Å². The van der Waals surface area contributed by atoms with Crippen LogP contribution in [0.2, 0.25) is 0 Å². The van der Waals surface area contributed by atoms with Crippen molar-refractivity contribution in [2.45, 2.75) is 31.7 Å². The van der Waals surface area contributed by atoms with Gasteiger partial charge in [0.15, 0.2) is 5.96 Å². The van der Waals surface area contributed by atoms with Crippen molar-refractivity contribution in [1.29, 1.82) is 0 Å². The van der Waals surface area contributed by atoms with Crippen LogP contribution in [0, 0.1) is 5.82 Å². The number of guanidine groups is 1. The second-order valence-electron chi connectivity index (χ2n) is 7.29. The van der Waals surface area contributed by atoms with E-state index in [0.717, 1.165) is 24.0 Å². The lowest BCUT2D eigenvalue weighted by atomic mass is 9.96. The van der Waals surface area contributed by atoms with Gasteiger partial charge in [-0.1, -0.05) is 18.2 Å². The smallest absolute Gasteiger partial charge is 0.221 e. The number of nitrogens with zero attached hydrogens (tertiary/aromatic N) is 1. The van der Waals surface area contributed by atoms with Crippen molar-refractivity contribution in [3.8, 4) is 5.75 Å². The molecule has 7 heteroatoms. The molecule has 0 saturated heterocycles. The summed E-state index contributed by atoms with van der Waals surface area (Å²) >= 11 is 0. The Balaban J connectivity index is 1.59. The molecule has 0 spiro atoms. The largest absolute Gasteiger partial charge is 0.495 e. The molecule has 1 saturated carbocycles. The average Bonchev–Trinajstić information content (AvgIpc) is 3.49. The number of methoxy groups -OCH3 is 1. The fraction of sp³-hybridized carbons (Fsp3) is 0.364. The third kappa shape index (κ3) is 5.25. The van der Waals surface area contributed by atoms with Crippen LogP contribution in [0.5, 0.6) is 5.75 Å². The second-order valence-corrected chi connectivity index (χ2v) is 7.29. The third-order valence-electron chi connectivity index (χ3n) is 5.14. The number of benzene rings is 2. The second kappa shape index (κ2) is 8.94. The number of halogens is 1. The minimum atomic E-state index is -0.203. The van der Waals surface area contributed by atoms with Crippen LogP contribution in [0.3, 0.4) is 0 Å². The molecule has 1 amide bonds. The standard InChI is InChI=1S/C22H27FN4O2/c1-15(28)27-19-11-16(7-8-20(19)29-3)13-25-21(24-2)26-14-22(9-10-22)17-5-4-6-18(23)12-17/h4-8,11-12H,9-10,13-14H2,1-3H3,(H,27,28)(H2,24,25,26). The highest BCUT2D eigenvalue weighted by Crippen LogP contribution is 2.47. The van der Waals surface area contributed by atoms with Gasteiger partial charge in [0.2, 0.25) is 5.91 Å². The Hall–Kier alpha value is -3.09. The molecule has 0 aliphatic heterocycles. The molecule has 2 aromatic carbocycles. The summed E-state index contributed by atoms with van der Waals surface area (Å²) in [6.07, 6.45) is 2.05. The molecule has 154 valence electrons. The number of amides is 1. The van der Waals surface area contributed by atoms with Gasteiger partial charge in [-0.05, 0) is 48.2 Å². The van der Waals surface area contributed by atoms with Crippen LogP contribution in [-0.4, -0.2) is 32.6 Å². The molecule has 0 heterocycles. The molecule has 0 unspecified atom stereocenters. The monoisotopic (exact) mass is 398 g/mol. The summed E-state index contributed by atoms with van der Waals surface area (Å²) < 4.78 is 18.9. The summed E-state index contributed by atoms with van der Waals surface area (Å²) in [5.41, 5.74) is 2.60. The van der Waals surface area contributed by atoms with Crippen molar-refractivity contribution in [1.82, 2.24) is 10.6 Å². The van der Waals surface area contributed by atoms with E-state index < -0.39 is 0 Å². The van der Waals surface area contributed by atoms with Gasteiger partial charge in [-0.3, -0.25) is 9.79 Å². The molecule has 1 aliphatic carbocycles. The summed E-state index contributed by atoms with van der Waals surface area (Å²) in [5.74, 6) is 0.922. The lowest BCUT2D eigenvalue weighted by molar-refractivity contribution is -0.114. The van der Waals surface area contributed by atoms with Gasteiger partial charge in [0, 0.05) is 32.5 Å². The minimum Gasteiger partial charge on any atom is -0.495 e. The van der Waals surface area contributed by atoms with E-state index in [1.807, 2.05) is 24.3 Å². The molecule has 3 N–H and O–H groups in total. The van der Waals surface area contributed by atoms with Gasteiger partial charge in [-0.2, -0.15) is 0 Å². The van der Waals surface area contributed by atoms with Crippen LogP contribution in [0.1, 0.15) is 30.9 Å². The van der Waals surface area contributed by atoms with Gasteiger partial charge in [-0.15, -0.1) is 0 Å². The zero-order valence-corrected chi connectivity index (χ0v) is 17.0. The Labute approximate surface area is 170 Å². The van der Waals surface area contributed by atoms with E-state index in [0.29, 0.717) is 30.5 Å². The molecule has 0 aromatic heterocycles. The summed E-state index contributed by atoms with van der Waals surface area (Å²) in [5, 5.41) is 9.40. The van der Waals surface area contributed by atoms with Gasteiger partial charge >= 0.3 is 0 Å². The highest BCUT2D eigenvalue weighted by molar-refractivity contribution is 5.90. The molecule has 2 aromatic rings. The molecule has 1 fully saturated rings. The minimum absolute atomic E-state index is 0.0294. The van der Waals surface area contributed by atoms with Crippen molar-refractivity contribution in [3.05, 3.63) is 59.4 Å². The van der Waals surface area contributed by atoms with Crippen LogP contribution in [-0.2, 0) is 16.8 Å². The van der Waals surface area contributed by atoms with Crippen LogP contribution in [0.25, 0.3) is 0 Å². The zero-order chi connectivity index (χ0) is 20.9. The Morgan fingerprint density at radius 3 is 2.62 bits per heavy atom. The van der Waals surface area contributed by atoms with E-state index in [2.05, 4.69) is 20.9 Å². The molecule has 6 nitrogen and oxygen atoms in total. The number of ether oxygens (including phenoxy) is 1. The summed E-state index contributed by atoms with van der Waals surface area (Å²) in [4.78, 5) is 15.7. The molecular weight excluding hydrogens is 371 g/mol. The normalized spacial score (nSPS) is 14.8. The van der Waals surface area contributed by atoms with E-state index in [9.17, 15) is 9.18 Å². The highest BCUT2D eigenvalue weighted by atomic mass is 19.1. The van der Waals surface area contributed by atoms with Crippen LogP contribution in [0.4, 0.5) is 10.1 Å². The number of carbonyl (C=O) groups excluding carboxylic acids is 1. The first-order valence-corrected chi connectivity index (χ1v) is 9.61. The van der Waals surface area contributed by atoms with Gasteiger partial charge < -0.3 is 20.7 Å². The molecule has 0 atom stereocenters. The van der Waals surface area contributed by atoms with Crippen LogP contribution < -0.4 is 20.7 Å². The fourth-order valence-corrected chi connectivity index (χ4v) is 3.35. The van der Waals surface area contributed by atoms with Gasteiger partial charge in [0.1, 0.15) is 11.6 Å². The quantitative estimate of drug-likeness (QED) is 0.495. The predicted octanol–water partition coefficient (Wildman–Crippen LogP) is 3.19. The van der Waals surface area contributed by atoms with Crippen LogP contribution in [0.15, 0.2) is 47.5 Å². The lowest BCUT2D eigenvalue weighted by Crippen LogP contribution is -2.40. The number of nitrogens with one attached hydrogen (secondary N) is 3. The highest BCUT2D eigenvalue weighted by Gasteiger charge is 2.44. The fourth-order valence-electron chi connectivity index (χ4n) is 3.35. The predicted molar refractivity (Wildman–Crippen MR) is 113 cm³/mol. The van der Waals surface area contributed by atoms with Crippen molar-refractivity contribution in [2.75, 3.05) is 26.0 Å². The first-order valence-electron chi connectivity index (χ1n) is 9.61. The average molecular weight is 398 g/mol. The zero-order valence-electron chi connectivity index (χ0n) is 17.0. The SMILES string of the molecule is CN=C(NCc1ccc(OC)c(NC(C)=O)c1)NCC1(c2cccc(F)c2)CC1. The van der Waals surface area contributed by atoms with E-state index >= 15 is 0 Å². The Morgan fingerprint density at radius 2 is 2.00 bits per heavy atom. The number of rotatable bonds is 7. The number of aliphatic imine (C=N–C) groups is 1. The Bertz CT molecular complexity index is 909. The van der Waals surface area contributed by atoms with E-state index in [4.69, 9.17) is 4.74 Å². The first kappa shape index (κ1) is 20.6. The number of hydrogen-bond acceptors (Lipinski definition) is 3. The number of hydrogen-bond donors (Lipinski definition) is 3. The molecular formula is C22H27FN4O2.